The molecule has 1 saturated heterocycles. The molecule has 4 N–H and O–H groups in total. The van der Waals surface area contributed by atoms with Crippen molar-refractivity contribution >= 4 is 66.0 Å². The maximum absolute atomic E-state index is 13.4. The van der Waals surface area contributed by atoms with Gasteiger partial charge in [0, 0.05) is 12.6 Å². The molecule has 22 heteroatoms. The second-order valence-corrected chi connectivity index (χ2v) is 15.2. The summed E-state index contributed by atoms with van der Waals surface area (Å²) in [5, 5.41) is 4.45. The molecule has 0 aliphatic carbocycles. The van der Waals surface area contributed by atoms with Crippen molar-refractivity contribution in [3.63, 3.8) is 0 Å². The van der Waals surface area contributed by atoms with E-state index >= 15 is 0 Å². The smallest absolute Gasteiger partial charge is 0.369 e. The van der Waals surface area contributed by atoms with Gasteiger partial charge in [-0.1, -0.05) is 12.2 Å². The van der Waals surface area contributed by atoms with Crippen LogP contribution in [0.15, 0.2) is 22.8 Å². The summed E-state index contributed by atoms with van der Waals surface area (Å²) < 4.78 is 44.8. The van der Waals surface area contributed by atoms with Crippen LogP contribution in [0.25, 0.3) is 21.9 Å². The summed E-state index contributed by atoms with van der Waals surface area (Å²) in [6.07, 6.45) is 0.425. The third-order valence-electron chi connectivity index (χ3n) is 5.88. The molecular weight excluding hydrogens is 628 g/mol. The van der Waals surface area contributed by atoms with Crippen LogP contribution in [0.2, 0.25) is 0 Å². The number of imidazole rings is 1. The highest BCUT2D eigenvalue weighted by Gasteiger charge is 2.43. The first-order valence-electron chi connectivity index (χ1n) is 11.5. The Bertz CT molecular complexity index is 1700. The fourth-order valence-electron chi connectivity index (χ4n) is 4.18. The first-order chi connectivity index (χ1) is 19.1. The number of nitrogens with zero attached hydrogens (tertiary/aromatic N) is 7. The van der Waals surface area contributed by atoms with E-state index in [9.17, 15) is 14.3 Å². The molecule has 2 unspecified atom stereocenters. The normalized spacial score (nSPS) is 30.1. The van der Waals surface area contributed by atoms with Gasteiger partial charge in [-0.3, -0.25) is 28.4 Å². The molecule has 1 fully saturated rings. The van der Waals surface area contributed by atoms with Gasteiger partial charge < -0.3 is 24.4 Å². The van der Waals surface area contributed by atoms with Gasteiger partial charge in [0.15, 0.2) is 29.0 Å². The van der Waals surface area contributed by atoms with Crippen LogP contribution in [0.4, 0.5) is 5.95 Å². The number of thiol groups is 1. The van der Waals surface area contributed by atoms with Gasteiger partial charge in [-0.15, -0.1) is 16.4 Å². The molecule has 4 aromatic rings. The molecule has 0 radical (unpaired) electrons. The van der Waals surface area contributed by atoms with Gasteiger partial charge in [0.2, 0.25) is 5.95 Å². The van der Waals surface area contributed by atoms with E-state index in [4.69, 9.17) is 40.4 Å². The molecule has 17 nitrogen and oxygen atoms in total. The molecule has 2 aliphatic heterocycles. The predicted octanol–water partition coefficient (Wildman–Crippen LogP) is 1.61. The van der Waals surface area contributed by atoms with Gasteiger partial charge in [0.25, 0.3) is 5.56 Å². The topological polar surface area (TPSA) is 217 Å². The molecular formula is C18H21N9O8P2S3. The van der Waals surface area contributed by atoms with Gasteiger partial charge in [-0.2, -0.15) is 4.98 Å². The van der Waals surface area contributed by atoms with Crippen molar-refractivity contribution in [3.8, 4) is 10.7 Å². The number of aromatic amines is 1. The zero-order chi connectivity index (χ0) is 28.1. The fourth-order valence-corrected chi connectivity index (χ4v) is 7.29. The van der Waals surface area contributed by atoms with Crippen molar-refractivity contribution < 1.29 is 32.3 Å². The van der Waals surface area contributed by atoms with Crippen molar-refractivity contribution in [1.82, 2.24) is 39.3 Å². The van der Waals surface area contributed by atoms with Crippen molar-refractivity contribution in [2.24, 2.45) is 0 Å². The van der Waals surface area contributed by atoms with Crippen molar-refractivity contribution in [3.05, 3.63) is 34.2 Å². The number of hydrogen-bond donors (Lipinski definition) is 4. The highest BCUT2D eigenvalue weighted by atomic mass is 32.7. The SMILES string of the molecule is Nc1nc2c(ncn2[C@@H]2O[C@@H]3COP(O)(=S)OCCn4nc(-c5cncs5)nc4COP(=O)(S)O[C@@H]2C3)c(=O)[nH]1. The minimum absolute atomic E-state index is 0.0130. The number of fused-ring (bicyclic) bond motifs is 4. The summed E-state index contributed by atoms with van der Waals surface area (Å²) in [6, 6.07) is 0. The van der Waals surface area contributed by atoms with Crippen LogP contribution in [0, 0.1) is 0 Å². The lowest BCUT2D eigenvalue weighted by atomic mass is 10.2. The van der Waals surface area contributed by atoms with Crippen LogP contribution < -0.4 is 11.3 Å². The van der Waals surface area contributed by atoms with Gasteiger partial charge >= 0.3 is 13.5 Å². The standard InChI is InChI=1S/C18H21N9O8P2S3/c19-18-23-15-13(16(28)24-18)21-7-26(15)17-10-3-9(34-17)5-32-36(29,38)31-2-1-27-12(6-33-37(30,39)35-10)22-14(25-27)11-4-20-8-40-11/h4,7-10,17H,1-3,5-6H2,(H,29,38)(H,30,39)(H3,19,23,24,28)/t9-,10+,17+,36?,37?/m0/s1. The second kappa shape index (κ2) is 11.0. The summed E-state index contributed by atoms with van der Waals surface area (Å²) in [5.41, 5.74) is 6.95. The van der Waals surface area contributed by atoms with Crippen LogP contribution in [-0.4, -0.2) is 69.6 Å². The van der Waals surface area contributed by atoms with Crippen molar-refractivity contribution in [2.45, 2.75) is 38.0 Å². The quantitative estimate of drug-likeness (QED) is 0.179. The minimum atomic E-state index is -4.03. The van der Waals surface area contributed by atoms with Crippen molar-refractivity contribution in [2.75, 3.05) is 18.9 Å². The third-order valence-corrected chi connectivity index (χ3v) is 9.89. The van der Waals surface area contributed by atoms with Crippen LogP contribution in [0.3, 0.4) is 0 Å². The number of aromatic nitrogens is 8. The molecule has 6 rings (SSSR count). The lowest BCUT2D eigenvalue weighted by Crippen LogP contribution is -2.22. The highest BCUT2D eigenvalue weighted by molar-refractivity contribution is 8.44. The number of nitrogens with one attached hydrogen (secondary N) is 1. The molecule has 0 amide bonds. The van der Waals surface area contributed by atoms with Crippen molar-refractivity contribution in [1.29, 1.82) is 0 Å². The zero-order valence-electron chi connectivity index (χ0n) is 20.2. The minimum Gasteiger partial charge on any atom is -0.369 e. The Morgan fingerprint density at radius 2 is 2.15 bits per heavy atom. The van der Waals surface area contributed by atoms with E-state index in [0.717, 1.165) is 0 Å². The molecule has 5 atom stereocenters. The number of H-pyrrole nitrogens is 1. The molecule has 0 aromatic carbocycles. The third kappa shape index (κ3) is 5.93. The first kappa shape index (κ1) is 28.0. The number of thiazole rings is 1. The van der Waals surface area contributed by atoms with E-state index in [-0.39, 0.29) is 49.9 Å². The molecule has 0 saturated carbocycles. The number of nitrogens with two attached hydrogens (primary N) is 1. The molecule has 4 aromatic heterocycles. The lowest BCUT2D eigenvalue weighted by molar-refractivity contribution is -0.0440. The average Bonchev–Trinajstić information content (AvgIpc) is 3.67. The number of ether oxygens (including phenoxy) is 1. The molecule has 0 spiro atoms. The van der Waals surface area contributed by atoms with Crippen LogP contribution in [0.5, 0.6) is 0 Å². The zero-order valence-corrected chi connectivity index (χ0v) is 24.5. The highest BCUT2D eigenvalue weighted by Crippen LogP contribution is 2.57. The molecule has 214 valence electrons. The van der Waals surface area contributed by atoms with Crippen LogP contribution in [0.1, 0.15) is 18.5 Å². The van der Waals surface area contributed by atoms with E-state index in [2.05, 4.69) is 42.3 Å². The Labute approximate surface area is 239 Å². The molecule has 40 heavy (non-hydrogen) atoms. The largest absolute Gasteiger partial charge is 0.386 e. The molecule has 2 bridgehead atoms. The Morgan fingerprint density at radius 3 is 2.95 bits per heavy atom. The molecule has 2 aliphatic rings. The Hall–Kier alpha value is -2.09. The number of nitrogen functional groups attached to an aromatic ring is 1. The molecule has 6 heterocycles. The summed E-state index contributed by atoms with van der Waals surface area (Å²) in [5.74, 6) is 0.536. The monoisotopic (exact) mass is 649 g/mol. The van der Waals surface area contributed by atoms with Crippen LogP contribution in [-0.2, 0) is 52.4 Å². The van der Waals surface area contributed by atoms with Gasteiger partial charge in [-0.25, -0.2) is 19.2 Å². The van der Waals surface area contributed by atoms with Gasteiger partial charge in [-0.05, 0) is 11.8 Å². The first-order valence-corrected chi connectivity index (χ1v) is 17.7. The maximum Gasteiger partial charge on any atom is 0.386 e. The Balaban J connectivity index is 1.32. The van der Waals surface area contributed by atoms with E-state index in [1.165, 1.54) is 26.9 Å². The lowest BCUT2D eigenvalue weighted by Gasteiger charge is -2.23. The van der Waals surface area contributed by atoms with E-state index in [1.54, 1.807) is 11.7 Å². The van der Waals surface area contributed by atoms with Gasteiger partial charge in [0.05, 0.1) is 42.6 Å². The van der Waals surface area contributed by atoms with Crippen LogP contribution >= 0.6 is 37.1 Å². The fraction of sp³-hybridized carbons (Fsp3) is 0.444. The van der Waals surface area contributed by atoms with E-state index in [0.29, 0.717) is 16.5 Å². The second-order valence-electron chi connectivity index (χ2n) is 8.58. The predicted molar refractivity (Wildman–Crippen MR) is 147 cm³/mol. The Morgan fingerprint density at radius 1 is 1.30 bits per heavy atom. The summed E-state index contributed by atoms with van der Waals surface area (Å²) in [4.78, 5) is 42.7. The Kier molecular flexibility index (Phi) is 7.68. The summed E-state index contributed by atoms with van der Waals surface area (Å²) >= 11 is 10.7. The number of hydrogen-bond acceptors (Lipinski definition) is 15. The van der Waals surface area contributed by atoms with Gasteiger partial charge in [0.1, 0.15) is 12.7 Å². The van der Waals surface area contributed by atoms with E-state index in [1.807, 2.05) is 0 Å². The van der Waals surface area contributed by atoms with E-state index < -0.39 is 37.5 Å². The number of rotatable bonds is 2. The summed E-state index contributed by atoms with van der Waals surface area (Å²) in [7, 11) is 0. The summed E-state index contributed by atoms with van der Waals surface area (Å²) in [6.45, 7) is -8.07. The average molecular weight is 650 g/mol. The maximum atomic E-state index is 13.4. The number of anilines is 1.